The van der Waals surface area contributed by atoms with E-state index in [-0.39, 0.29) is 52.5 Å². The molecule has 0 amide bonds. The zero-order chi connectivity index (χ0) is 23.2. The first-order valence-corrected chi connectivity index (χ1v) is 9.62. The first-order valence-electron chi connectivity index (χ1n) is 9.62. The molecule has 0 aromatic rings. The lowest BCUT2D eigenvalue weighted by atomic mass is 10.4. The second kappa shape index (κ2) is 20.5. The van der Waals surface area contributed by atoms with Gasteiger partial charge in [0.1, 0.15) is 26.4 Å². The van der Waals surface area contributed by atoms with Gasteiger partial charge in [0.15, 0.2) is 0 Å². The van der Waals surface area contributed by atoms with Crippen molar-refractivity contribution in [2.75, 3.05) is 66.1 Å². The smallest absolute Gasteiger partial charge is 0.330 e. The topological polar surface area (TPSA) is 133 Å². The number of rotatable bonds is 20. The third-order valence-corrected chi connectivity index (χ3v) is 3.16. The van der Waals surface area contributed by atoms with E-state index in [2.05, 4.69) is 22.6 Å². The highest BCUT2D eigenvalue weighted by Crippen LogP contribution is 1.92. The lowest BCUT2D eigenvalue weighted by Crippen LogP contribution is -2.16. The molecule has 0 aliphatic heterocycles. The van der Waals surface area contributed by atoms with Crippen molar-refractivity contribution in [2.24, 2.45) is 0 Å². The summed E-state index contributed by atoms with van der Waals surface area (Å²) in [6, 6.07) is 0. The lowest BCUT2D eigenvalue weighted by Gasteiger charge is -2.08. The molecule has 0 rings (SSSR count). The van der Waals surface area contributed by atoms with E-state index in [1.807, 2.05) is 0 Å². The summed E-state index contributed by atoms with van der Waals surface area (Å²) in [5.74, 6) is -2.16. The zero-order valence-corrected chi connectivity index (χ0v) is 17.5. The molecule has 0 aromatic carbocycles. The number of hydrogen-bond acceptors (Lipinski definition) is 11. The molecule has 0 bridgehead atoms. The van der Waals surface area contributed by atoms with Crippen LogP contribution in [0.25, 0.3) is 0 Å². The van der Waals surface area contributed by atoms with Crippen molar-refractivity contribution in [3.05, 3.63) is 25.3 Å². The molecule has 0 spiro atoms. The van der Waals surface area contributed by atoms with Crippen LogP contribution in [0.2, 0.25) is 0 Å². The largest absolute Gasteiger partial charge is 0.463 e. The fraction of sp³-hybridized carbons (Fsp3) is 0.600. The van der Waals surface area contributed by atoms with Crippen molar-refractivity contribution in [1.29, 1.82) is 0 Å². The van der Waals surface area contributed by atoms with Gasteiger partial charge in [-0.25, -0.2) is 9.59 Å². The van der Waals surface area contributed by atoms with E-state index in [1.54, 1.807) is 0 Å². The quantitative estimate of drug-likeness (QED) is 0.111. The maximum atomic E-state index is 11.3. The fourth-order valence-corrected chi connectivity index (χ4v) is 1.70. The molecule has 11 nitrogen and oxygen atoms in total. The van der Waals surface area contributed by atoms with Gasteiger partial charge in [0.2, 0.25) is 0 Å². The molecule has 11 heteroatoms. The first kappa shape index (κ1) is 28.2. The third-order valence-electron chi connectivity index (χ3n) is 3.16. The van der Waals surface area contributed by atoms with Gasteiger partial charge in [0.05, 0.1) is 52.5 Å². The standard InChI is InChI=1S/C20H30O11/c1-3-17(21)28-7-5-19(23)30-15-13-26-11-9-25-10-12-27-14-16-31-20(24)6-8-29-18(22)4-2/h3-4H,1-2,5-16H2. The van der Waals surface area contributed by atoms with Crippen LogP contribution in [0, 0.1) is 0 Å². The van der Waals surface area contributed by atoms with Crippen LogP contribution in [-0.4, -0.2) is 89.9 Å². The number of carbonyl (C=O) groups excluding carboxylic acids is 4. The minimum Gasteiger partial charge on any atom is -0.463 e. The summed E-state index contributed by atoms with van der Waals surface area (Å²) < 4.78 is 34.8. The average Bonchev–Trinajstić information content (AvgIpc) is 2.76. The Bertz CT molecular complexity index is 511. The summed E-state index contributed by atoms with van der Waals surface area (Å²) in [5.41, 5.74) is 0. The Morgan fingerprint density at radius 2 is 0.806 bits per heavy atom. The van der Waals surface area contributed by atoms with E-state index in [9.17, 15) is 19.2 Å². The Morgan fingerprint density at radius 1 is 0.484 bits per heavy atom. The number of esters is 4. The van der Waals surface area contributed by atoms with Crippen LogP contribution >= 0.6 is 0 Å². The predicted molar refractivity (Wildman–Crippen MR) is 106 cm³/mol. The molecule has 176 valence electrons. The number of carbonyl (C=O) groups is 4. The molecule has 0 unspecified atom stereocenters. The third kappa shape index (κ3) is 20.3. The van der Waals surface area contributed by atoms with Crippen molar-refractivity contribution in [2.45, 2.75) is 12.8 Å². The van der Waals surface area contributed by atoms with Gasteiger partial charge in [0.25, 0.3) is 0 Å². The van der Waals surface area contributed by atoms with Gasteiger partial charge >= 0.3 is 23.9 Å². The van der Waals surface area contributed by atoms with Gasteiger partial charge in [-0.05, 0) is 0 Å². The molecule has 31 heavy (non-hydrogen) atoms. The van der Waals surface area contributed by atoms with Gasteiger partial charge in [-0.3, -0.25) is 9.59 Å². The fourth-order valence-electron chi connectivity index (χ4n) is 1.70. The van der Waals surface area contributed by atoms with Crippen LogP contribution in [0.4, 0.5) is 0 Å². The van der Waals surface area contributed by atoms with Crippen LogP contribution < -0.4 is 0 Å². The summed E-state index contributed by atoms with van der Waals surface area (Å²) >= 11 is 0. The molecular formula is C20H30O11. The number of ether oxygens (including phenoxy) is 7. The Hall–Kier alpha value is -2.76. The van der Waals surface area contributed by atoms with Crippen molar-refractivity contribution in [3.63, 3.8) is 0 Å². The van der Waals surface area contributed by atoms with Crippen molar-refractivity contribution in [1.82, 2.24) is 0 Å². The van der Waals surface area contributed by atoms with E-state index in [4.69, 9.17) is 23.7 Å². The Kier molecular flexibility index (Phi) is 18.7. The normalized spacial score (nSPS) is 10.1. The van der Waals surface area contributed by atoms with Crippen LogP contribution in [0.5, 0.6) is 0 Å². The minimum atomic E-state index is -0.592. The molecule has 0 atom stereocenters. The SMILES string of the molecule is C=CC(=O)OCCC(=O)OCCOCCOCCOCCOC(=O)CCOC(=O)C=C. The maximum absolute atomic E-state index is 11.3. The van der Waals surface area contributed by atoms with Crippen LogP contribution in [0.3, 0.4) is 0 Å². The Morgan fingerprint density at radius 3 is 1.13 bits per heavy atom. The molecule has 0 saturated heterocycles. The zero-order valence-electron chi connectivity index (χ0n) is 17.5. The highest BCUT2D eigenvalue weighted by Gasteiger charge is 2.05. The predicted octanol–water partition coefficient (Wildman–Crippen LogP) is 0.361. The molecule has 0 aliphatic carbocycles. The van der Waals surface area contributed by atoms with Gasteiger partial charge < -0.3 is 33.2 Å². The molecule has 0 aliphatic rings. The van der Waals surface area contributed by atoms with Gasteiger partial charge in [-0.2, -0.15) is 0 Å². The second-order valence-electron chi connectivity index (χ2n) is 5.52. The van der Waals surface area contributed by atoms with Crippen molar-refractivity contribution < 1.29 is 52.3 Å². The number of hydrogen-bond donors (Lipinski definition) is 0. The molecule has 0 radical (unpaired) electrons. The van der Waals surface area contributed by atoms with Crippen LogP contribution in [0.15, 0.2) is 25.3 Å². The molecule has 0 N–H and O–H groups in total. The monoisotopic (exact) mass is 446 g/mol. The van der Waals surface area contributed by atoms with Crippen molar-refractivity contribution >= 4 is 23.9 Å². The summed E-state index contributed by atoms with van der Waals surface area (Å²) in [5, 5.41) is 0. The lowest BCUT2D eigenvalue weighted by molar-refractivity contribution is -0.150. The van der Waals surface area contributed by atoms with Gasteiger partial charge in [-0.15, -0.1) is 0 Å². The molecule has 0 saturated carbocycles. The van der Waals surface area contributed by atoms with E-state index >= 15 is 0 Å². The Balaban J connectivity index is 3.29. The Labute approximate surface area is 181 Å². The molecule has 0 aromatic heterocycles. The second-order valence-corrected chi connectivity index (χ2v) is 5.52. The minimum absolute atomic E-state index is 0.0347. The van der Waals surface area contributed by atoms with E-state index in [0.29, 0.717) is 26.4 Å². The average molecular weight is 446 g/mol. The molecular weight excluding hydrogens is 416 g/mol. The van der Waals surface area contributed by atoms with Crippen LogP contribution in [-0.2, 0) is 52.3 Å². The van der Waals surface area contributed by atoms with Gasteiger partial charge in [0, 0.05) is 12.2 Å². The van der Waals surface area contributed by atoms with Crippen molar-refractivity contribution in [3.8, 4) is 0 Å². The first-order chi connectivity index (χ1) is 15.0. The summed E-state index contributed by atoms with van der Waals surface area (Å²) in [4.78, 5) is 44.2. The summed E-state index contributed by atoms with van der Waals surface area (Å²) in [6.07, 6.45) is 1.96. The molecule has 0 fully saturated rings. The molecule has 0 heterocycles. The van der Waals surface area contributed by atoms with E-state index in [1.165, 1.54) is 0 Å². The van der Waals surface area contributed by atoms with E-state index in [0.717, 1.165) is 12.2 Å². The maximum Gasteiger partial charge on any atom is 0.330 e. The van der Waals surface area contributed by atoms with E-state index < -0.39 is 23.9 Å². The van der Waals surface area contributed by atoms with Gasteiger partial charge in [-0.1, -0.05) is 13.2 Å². The van der Waals surface area contributed by atoms with Crippen LogP contribution in [0.1, 0.15) is 12.8 Å². The summed E-state index contributed by atoms with van der Waals surface area (Å²) in [6.45, 7) is 8.30. The highest BCUT2D eigenvalue weighted by molar-refractivity contribution is 5.81. The summed E-state index contributed by atoms with van der Waals surface area (Å²) in [7, 11) is 0. The highest BCUT2D eigenvalue weighted by atomic mass is 16.6.